The molecule has 258 valence electrons. The van der Waals surface area contributed by atoms with E-state index >= 15 is 8.78 Å². The van der Waals surface area contributed by atoms with Crippen molar-refractivity contribution in [3.8, 4) is 11.4 Å². The number of methoxy groups -OCH3 is 1. The van der Waals surface area contributed by atoms with Crippen LogP contribution < -0.4 is 4.74 Å². The summed E-state index contributed by atoms with van der Waals surface area (Å²) in [6.45, 7) is 7.03. The number of aliphatic carboxylic acids is 1. The largest absolute Gasteiger partial charge is 0.495 e. The van der Waals surface area contributed by atoms with Crippen LogP contribution in [0.4, 0.5) is 13.2 Å². The Hall–Kier alpha value is -3.52. The summed E-state index contributed by atoms with van der Waals surface area (Å²) >= 11 is 7.27. The van der Waals surface area contributed by atoms with Crippen molar-refractivity contribution in [3.63, 3.8) is 0 Å². The summed E-state index contributed by atoms with van der Waals surface area (Å²) in [6, 6.07) is 11.1. The summed E-state index contributed by atoms with van der Waals surface area (Å²) in [5.74, 6) is -3.79. The summed E-state index contributed by atoms with van der Waals surface area (Å²) in [5.41, 5.74) is 0.969. The molecule has 4 aromatic rings. The summed E-state index contributed by atoms with van der Waals surface area (Å²) in [7, 11) is -3.04. The third-order valence-corrected chi connectivity index (χ3v) is 11.4. The summed E-state index contributed by atoms with van der Waals surface area (Å²) in [4.78, 5) is 15.8. The van der Waals surface area contributed by atoms with Crippen LogP contribution >= 0.6 is 23.4 Å². The Bertz CT molecular complexity index is 1860. The number of benzene rings is 3. The molecule has 1 N–H and O–H groups in total. The van der Waals surface area contributed by atoms with E-state index in [0.29, 0.717) is 52.3 Å². The smallest absolute Gasteiger partial charge is 0.322 e. The van der Waals surface area contributed by atoms with Crippen molar-refractivity contribution < 1.29 is 36.2 Å². The van der Waals surface area contributed by atoms with E-state index in [2.05, 4.69) is 4.98 Å². The van der Waals surface area contributed by atoms with Crippen LogP contribution in [0.15, 0.2) is 70.8 Å². The van der Waals surface area contributed by atoms with Crippen LogP contribution in [0.5, 0.6) is 5.75 Å². The molecule has 0 bridgehead atoms. The molecule has 0 fully saturated rings. The second kappa shape index (κ2) is 15.4. The van der Waals surface area contributed by atoms with Gasteiger partial charge < -0.3 is 9.84 Å². The first-order chi connectivity index (χ1) is 22.7. The molecule has 48 heavy (non-hydrogen) atoms. The van der Waals surface area contributed by atoms with Crippen molar-refractivity contribution >= 4 is 39.4 Å². The molecule has 14 heteroatoms. The van der Waals surface area contributed by atoms with Crippen LogP contribution in [0.3, 0.4) is 0 Å². The molecule has 4 rings (SSSR count). The fourth-order valence-corrected chi connectivity index (χ4v) is 8.25. The van der Waals surface area contributed by atoms with Crippen molar-refractivity contribution in [1.29, 1.82) is 0 Å². The van der Waals surface area contributed by atoms with Gasteiger partial charge in [0.25, 0.3) is 0 Å². The normalized spacial score (nSPS) is 12.8. The topological polar surface area (TPSA) is 102 Å². The minimum atomic E-state index is -4.55. The van der Waals surface area contributed by atoms with Gasteiger partial charge in [0.1, 0.15) is 29.2 Å². The standard InChI is InChI=1S/C34H37ClF3N3O5S2/c1-6-8-9-29(32(42)43)40(7-2)48(44,45)24-17-27(37)25(28(38)18-24)20-47-33-39-19-31(41(33)23-13-11-22(36)12-14-23)34(3,4)21-10-15-26(35)30(16-21)46-5/h10-19,29H,6-9,20H2,1-5H3,(H,42,43)/t29-/m0/s1. The predicted octanol–water partition coefficient (Wildman–Crippen LogP) is 8.22. The first kappa shape index (κ1) is 37.3. The first-order valence-electron chi connectivity index (χ1n) is 15.2. The van der Waals surface area contributed by atoms with E-state index < -0.39 is 49.8 Å². The van der Waals surface area contributed by atoms with Gasteiger partial charge in [0.05, 0.1) is 28.9 Å². The summed E-state index contributed by atoms with van der Waals surface area (Å²) in [5, 5.41) is 10.5. The zero-order valence-electron chi connectivity index (χ0n) is 27.1. The number of carboxylic acid groups (broad SMARTS) is 1. The summed E-state index contributed by atoms with van der Waals surface area (Å²) < 4.78 is 79.8. The van der Waals surface area contributed by atoms with E-state index in [4.69, 9.17) is 16.3 Å². The lowest BCUT2D eigenvalue weighted by Gasteiger charge is -2.28. The second-order valence-corrected chi connectivity index (χ2v) is 14.8. The molecule has 0 amide bonds. The van der Waals surface area contributed by atoms with Crippen LogP contribution in [0, 0.1) is 17.5 Å². The molecule has 0 aliphatic rings. The van der Waals surface area contributed by atoms with Gasteiger partial charge in [-0.15, -0.1) is 0 Å². The number of aromatic nitrogens is 2. The average molecular weight is 724 g/mol. The number of unbranched alkanes of at least 4 members (excludes halogenated alkanes) is 1. The number of carbonyl (C=O) groups is 1. The van der Waals surface area contributed by atoms with Crippen LogP contribution in [-0.4, -0.2) is 53.0 Å². The van der Waals surface area contributed by atoms with E-state index in [9.17, 15) is 22.7 Å². The first-order valence-corrected chi connectivity index (χ1v) is 18.0. The fourth-order valence-electron chi connectivity index (χ4n) is 5.40. The highest BCUT2D eigenvalue weighted by Gasteiger charge is 2.36. The SMILES string of the molecule is CCCC[C@@H](C(=O)O)N(CC)S(=O)(=O)c1cc(F)c(CSc2ncc(C(C)(C)c3ccc(Cl)c(OC)c3)n2-c2ccc(F)cc2)c(F)c1. The van der Waals surface area contributed by atoms with E-state index in [1.54, 1.807) is 35.0 Å². The lowest BCUT2D eigenvalue weighted by molar-refractivity contribution is -0.141. The van der Waals surface area contributed by atoms with Crippen molar-refractivity contribution in [2.24, 2.45) is 0 Å². The Labute approximate surface area is 287 Å². The Kier molecular flexibility index (Phi) is 11.9. The number of hydrogen-bond donors (Lipinski definition) is 1. The minimum absolute atomic E-state index is 0.0592. The number of imidazole rings is 1. The van der Waals surface area contributed by atoms with Crippen LogP contribution in [0.1, 0.15) is 63.8 Å². The molecule has 8 nitrogen and oxygen atoms in total. The van der Waals surface area contributed by atoms with Crippen molar-refractivity contribution in [2.45, 2.75) is 74.2 Å². The maximum Gasteiger partial charge on any atom is 0.322 e. The zero-order valence-corrected chi connectivity index (χ0v) is 29.5. The summed E-state index contributed by atoms with van der Waals surface area (Å²) in [6.07, 6.45) is 2.79. The number of nitrogens with zero attached hydrogens (tertiary/aromatic N) is 3. The predicted molar refractivity (Wildman–Crippen MR) is 180 cm³/mol. The number of sulfonamides is 1. The Morgan fingerprint density at radius 3 is 2.29 bits per heavy atom. The van der Waals surface area contributed by atoms with Gasteiger partial charge in [0.15, 0.2) is 5.16 Å². The molecular formula is C34H37ClF3N3O5S2. The molecule has 0 saturated carbocycles. The molecule has 0 spiro atoms. The molecule has 1 heterocycles. The Morgan fingerprint density at radius 1 is 1.08 bits per heavy atom. The van der Waals surface area contributed by atoms with Gasteiger partial charge in [-0.05, 0) is 60.5 Å². The van der Waals surface area contributed by atoms with Gasteiger partial charge in [-0.2, -0.15) is 4.31 Å². The van der Waals surface area contributed by atoms with Crippen LogP contribution in [-0.2, 0) is 26.0 Å². The van der Waals surface area contributed by atoms with Gasteiger partial charge in [0, 0.05) is 29.0 Å². The van der Waals surface area contributed by atoms with E-state index in [0.717, 1.165) is 21.6 Å². The van der Waals surface area contributed by atoms with Crippen molar-refractivity contribution in [1.82, 2.24) is 13.9 Å². The number of rotatable bonds is 15. The molecule has 0 aliphatic heterocycles. The number of carboxylic acids is 1. The monoisotopic (exact) mass is 723 g/mol. The van der Waals surface area contributed by atoms with Crippen LogP contribution in [0.2, 0.25) is 5.02 Å². The van der Waals surface area contributed by atoms with E-state index in [1.807, 2.05) is 26.8 Å². The highest BCUT2D eigenvalue weighted by molar-refractivity contribution is 7.98. The maximum atomic E-state index is 15.5. The highest BCUT2D eigenvalue weighted by Crippen LogP contribution is 2.39. The van der Waals surface area contributed by atoms with Gasteiger partial charge in [-0.3, -0.25) is 9.36 Å². The third kappa shape index (κ3) is 7.69. The number of thioether (sulfide) groups is 1. The van der Waals surface area contributed by atoms with Gasteiger partial charge in [0.2, 0.25) is 10.0 Å². The molecule has 3 aromatic carbocycles. The molecule has 1 aromatic heterocycles. The second-order valence-electron chi connectivity index (χ2n) is 11.6. The molecule has 1 atom stereocenters. The Morgan fingerprint density at radius 2 is 1.73 bits per heavy atom. The molecule has 0 unspecified atom stereocenters. The minimum Gasteiger partial charge on any atom is -0.495 e. The average Bonchev–Trinajstić information content (AvgIpc) is 3.47. The maximum absolute atomic E-state index is 15.5. The quantitative estimate of drug-likeness (QED) is 0.123. The molecule has 0 aliphatic carbocycles. The van der Waals surface area contributed by atoms with Gasteiger partial charge >= 0.3 is 5.97 Å². The molecule has 0 saturated heterocycles. The van der Waals surface area contributed by atoms with Gasteiger partial charge in [-0.1, -0.05) is 70.0 Å². The van der Waals surface area contributed by atoms with E-state index in [-0.39, 0.29) is 24.3 Å². The number of likely N-dealkylation sites (N-methyl/N-ethyl adjacent to an activating group) is 1. The lowest BCUT2D eigenvalue weighted by Crippen LogP contribution is -2.45. The number of ether oxygens (including phenoxy) is 1. The van der Waals surface area contributed by atoms with E-state index in [1.165, 1.54) is 26.2 Å². The van der Waals surface area contributed by atoms with Crippen LogP contribution in [0.25, 0.3) is 5.69 Å². The van der Waals surface area contributed by atoms with Crippen molar-refractivity contribution in [3.05, 3.63) is 100 Å². The molecule has 0 radical (unpaired) electrons. The number of hydrogen-bond acceptors (Lipinski definition) is 6. The van der Waals surface area contributed by atoms with Gasteiger partial charge in [-0.25, -0.2) is 26.6 Å². The Balaban J connectivity index is 1.71. The third-order valence-electron chi connectivity index (χ3n) is 8.17. The highest BCUT2D eigenvalue weighted by atomic mass is 35.5. The lowest BCUT2D eigenvalue weighted by atomic mass is 9.81. The zero-order chi connectivity index (χ0) is 35.4. The fraction of sp³-hybridized carbons (Fsp3) is 0.353. The number of halogens is 4. The van der Waals surface area contributed by atoms with Crippen molar-refractivity contribution in [2.75, 3.05) is 13.7 Å². The molecular weight excluding hydrogens is 687 g/mol.